The van der Waals surface area contributed by atoms with Crippen LogP contribution in [0, 0.1) is 12.7 Å². The molecule has 0 radical (unpaired) electrons. The summed E-state index contributed by atoms with van der Waals surface area (Å²) in [6.07, 6.45) is 0. The lowest BCUT2D eigenvalue weighted by atomic mass is 10.1. The van der Waals surface area contributed by atoms with Gasteiger partial charge in [-0.1, -0.05) is 0 Å². The lowest BCUT2D eigenvalue weighted by Gasteiger charge is -2.32. The molecule has 0 bridgehead atoms. The highest BCUT2D eigenvalue weighted by Gasteiger charge is 2.21. The SMILES string of the molecule is Cc1cc2c(cc1F)nc(N1CCN(C)CC1)n1nnnc21. The average molecular weight is 301 g/mol. The Morgan fingerprint density at radius 3 is 2.68 bits per heavy atom. The normalized spacial score (nSPS) is 16.8. The standard InChI is InChI=1S/C14H16FN7/c1-9-7-10-12(8-11(9)15)16-14(22-13(10)17-18-19-22)21-5-3-20(2)4-6-21/h7-8H,3-6H2,1-2H3. The second kappa shape index (κ2) is 4.84. The molecule has 22 heavy (non-hydrogen) atoms. The molecule has 0 atom stereocenters. The molecule has 4 rings (SSSR count). The molecule has 0 aliphatic carbocycles. The molecule has 0 unspecified atom stereocenters. The molecule has 1 saturated heterocycles. The fourth-order valence-corrected chi connectivity index (χ4v) is 2.80. The molecule has 8 heteroatoms. The zero-order valence-corrected chi connectivity index (χ0v) is 12.5. The second-order valence-electron chi connectivity index (χ2n) is 5.73. The van der Waals surface area contributed by atoms with E-state index in [2.05, 4.69) is 37.4 Å². The highest BCUT2D eigenvalue weighted by molar-refractivity contribution is 5.92. The summed E-state index contributed by atoms with van der Waals surface area (Å²) in [7, 11) is 2.09. The highest BCUT2D eigenvalue weighted by Crippen LogP contribution is 2.24. The van der Waals surface area contributed by atoms with Crippen molar-refractivity contribution in [1.29, 1.82) is 0 Å². The van der Waals surface area contributed by atoms with Gasteiger partial charge in [-0.15, -0.1) is 5.10 Å². The number of piperazine rings is 1. The van der Waals surface area contributed by atoms with Crippen LogP contribution in [0.4, 0.5) is 10.3 Å². The fourth-order valence-electron chi connectivity index (χ4n) is 2.80. The van der Waals surface area contributed by atoms with Gasteiger partial charge < -0.3 is 9.80 Å². The number of aryl methyl sites for hydroxylation is 1. The van der Waals surface area contributed by atoms with Gasteiger partial charge in [-0.05, 0) is 36.0 Å². The van der Waals surface area contributed by atoms with Crippen LogP contribution in [-0.4, -0.2) is 63.2 Å². The minimum absolute atomic E-state index is 0.263. The summed E-state index contributed by atoms with van der Waals surface area (Å²) in [5.41, 5.74) is 1.76. The van der Waals surface area contributed by atoms with Crippen LogP contribution in [0.3, 0.4) is 0 Å². The largest absolute Gasteiger partial charge is 0.338 e. The Morgan fingerprint density at radius 1 is 1.14 bits per heavy atom. The Kier molecular flexibility index (Phi) is 2.93. The van der Waals surface area contributed by atoms with E-state index < -0.39 is 0 Å². The molecule has 7 nitrogen and oxygen atoms in total. The monoisotopic (exact) mass is 301 g/mol. The molecule has 114 valence electrons. The van der Waals surface area contributed by atoms with Crippen molar-refractivity contribution in [2.75, 3.05) is 38.1 Å². The van der Waals surface area contributed by atoms with Gasteiger partial charge in [0.1, 0.15) is 5.82 Å². The summed E-state index contributed by atoms with van der Waals surface area (Å²) in [6.45, 7) is 5.32. The van der Waals surface area contributed by atoms with Gasteiger partial charge in [-0.25, -0.2) is 9.37 Å². The predicted molar refractivity (Wildman–Crippen MR) is 80.5 cm³/mol. The lowest BCUT2D eigenvalue weighted by Crippen LogP contribution is -2.45. The Balaban J connectivity index is 1.93. The second-order valence-corrected chi connectivity index (χ2v) is 5.73. The fraction of sp³-hybridized carbons (Fsp3) is 0.429. The quantitative estimate of drug-likeness (QED) is 0.665. The summed E-state index contributed by atoms with van der Waals surface area (Å²) in [5.74, 6) is 0.407. The van der Waals surface area contributed by atoms with Crippen molar-refractivity contribution in [2.24, 2.45) is 0 Å². The van der Waals surface area contributed by atoms with Crippen molar-refractivity contribution in [3.8, 4) is 0 Å². The Hall–Kier alpha value is -2.35. The van der Waals surface area contributed by atoms with Gasteiger partial charge in [0, 0.05) is 37.6 Å². The number of fused-ring (bicyclic) bond motifs is 3. The Labute approximate surface area is 126 Å². The maximum atomic E-state index is 13.9. The molecule has 0 saturated carbocycles. The third-order valence-electron chi connectivity index (χ3n) is 4.18. The van der Waals surface area contributed by atoms with E-state index in [1.54, 1.807) is 17.5 Å². The zero-order chi connectivity index (χ0) is 15.3. The maximum Gasteiger partial charge on any atom is 0.230 e. The minimum atomic E-state index is -0.263. The summed E-state index contributed by atoms with van der Waals surface area (Å²) in [5, 5.41) is 12.7. The molecular formula is C14H16FN7. The van der Waals surface area contributed by atoms with E-state index >= 15 is 0 Å². The first-order chi connectivity index (χ1) is 10.6. The molecule has 1 fully saturated rings. The lowest BCUT2D eigenvalue weighted by molar-refractivity contribution is 0.310. The van der Waals surface area contributed by atoms with E-state index in [0.717, 1.165) is 31.6 Å². The van der Waals surface area contributed by atoms with Crippen LogP contribution >= 0.6 is 0 Å². The van der Waals surface area contributed by atoms with Crippen molar-refractivity contribution in [3.05, 3.63) is 23.5 Å². The number of rotatable bonds is 1. The van der Waals surface area contributed by atoms with Crippen molar-refractivity contribution in [3.63, 3.8) is 0 Å². The Morgan fingerprint density at radius 2 is 1.91 bits per heavy atom. The number of anilines is 1. The van der Waals surface area contributed by atoms with Gasteiger partial charge in [-0.3, -0.25) is 0 Å². The van der Waals surface area contributed by atoms with Gasteiger partial charge in [0.05, 0.1) is 5.52 Å². The molecule has 3 heterocycles. The van der Waals surface area contributed by atoms with E-state index in [-0.39, 0.29) is 5.82 Å². The predicted octanol–water partition coefficient (Wildman–Crippen LogP) is 0.872. The molecule has 1 aliphatic heterocycles. The van der Waals surface area contributed by atoms with Crippen molar-refractivity contribution < 1.29 is 4.39 Å². The number of hydrogen-bond donors (Lipinski definition) is 0. The molecular weight excluding hydrogens is 285 g/mol. The van der Waals surface area contributed by atoms with Crippen molar-refractivity contribution >= 4 is 22.5 Å². The summed E-state index contributed by atoms with van der Waals surface area (Å²) >= 11 is 0. The zero-order valence-electron chi connectivity index (χ0n) is 12.5. The van der Waals surface area contributed by atoms with E-state index in [1.165, 1.54) is 6.07 Å². The third kappa shape index (κ3) is 1.98. The summed E-state index contributed by atoms with van der Waals surface area (Å²) in [6, 6.07) is 3.20. The molecule has 0 spiro atoms. The molecule has 3 aromatic rings. The molecule has 1 aliphatic rings. The molecule has 1 aromatic carbocycles. The minimum Gasteiger partial charge on any atom is -0.338 e. The summed E-state index contributed by atoms with van der Waals surface area (Å²) < 4.78 is 15.5. The van der Waals surface area contributed by atoms with Crippen LogP contribution in [0.1, 0.15) is 5.56 Å². The van der Waals surface area contributed by atoms with Crippen LogP contribution in [0.15, 0.2) is 12.1 Å². The first-order valence-electron chi connectivity index (χ1n) is 7.25. The smallest absolute Gasteiger partial charge is 0.230 e. The van der Waals surface area contributed by atoms with E-state index in [0.29, 0.717) is 22.7 Å². The Bertz CT molecular complexity index is 851. The van der Waals surface area contributed by atoms with Gasteiger partial charge in [0.15, 0.2) is 5.65 Å². The van der Waals surface area contributed by atoms with E-state index in [9.17, 15) is 4.39 Å². The summed E-state index contributed by atoms with van der Waals surface area (Å²) in [4.78, 5) is 9.01. The van der Waals surface area contributed by atoms with Gasteiger partial charge in [0.25, 0.3) is 0 Å². The van der Waals surface area contributed by atoms with Crippen LogP contribution in [-0.2, 0) is 0 Å². The van der Waals surface area contributed by atoms with Crippen LogP contribution in [0.5, 0.6) is 0 Å². The molecule has 0 amide bonds. The molecule has 0 N–H and O–H groups in total. The van der Waals surface area contributed by atoms with Gasteiger partial charge in [-0.2, -0.15) is 4.52 Å². The van der Waals surface area contributed by atoms with Crippen molar-refractivity contribution in [1.82, 2.24) is 29.9 Å². The first kappa shape index (κ1) is 13.3. The number of nitrogens with zero attached hydrogens (tertiary/aromatic N) is 7. The van der Waals surface area contributed by atoms with E-state index in [1.807, 2.05) is 0 Å². The first-order valence-corrected chi connectivity index (χ1v) is 7.25. The van der Waals surface area contributed by atoms with Crippen LogP contribution < -0.4 is 4.90 Å². The number of hydrogen-bond acceptors (Lipinski definition) is 6. The topological polar surface area (TPSA) is 62.5 Å². The van der Waals surface area contributed by atoms with Crippen LogP contribution in [0.2, 0.25) is 0 Å². The van der Waals surface area contributed by atoms with E-state index in [4.69, 9.17) is 0 Å². The number of aromatic nitrogens is 5. The maximum absolute atomic E-state index is 13.9. The third-order valence-corrected chi connectivity index (χ3v) is 4.18. The number of halogens is 1. The van der Waals surface area contributed by atoms with Crippen LogP contribution in [0.25, 0.3) is 16.6 Å². The average Bonchev–Trinajstić information content (AvgIpc) is 2.99. The van der Waals surface area contributed by atoms with Gasteiger partial charge >= 0.3 is 0 Å². The number of benzene rings is 1. The van der Waals surface area contributed by atoms with Crippen molar-refractivity contribution in [2.45, 2.75) is 6.92 Å². The highest BCUT2D eigenvalue weighted by atomic mass is 19.1. The molecule has 2 aromatic heterocycles. The number of likely N-dealkylation sites (N-methyl/N-ethyl adjacent to an activating group) is 1. The van der Waals surface area contributed by atoms with Gasteiger partial charge in [0.2, 0.25) is 5.95 Å². The number of tetrazole rings is 1.